The van der Waals surface area contributed by atoms with E-state index in [1.54, 1.807) is 17.0 Å². The first-order valence-electron chi connectivity index (χ1n) is 9.84. The van der Waals surface area contributed by atoms with E-state index in [0.29, 0.717) is 45.9 Å². The second-order valence-corrected chi connectivity index (χ2v) is 8.06. The third-order valence-corrected chi connectivity index (χ3v) is 6.13. The number of rotatable bonds is 7. The van der Waals surface area contributed by atoms with Crippen molar-refractivity contribution < 1.29 is 23.8 Å². The second kappa shape index (κ2) is 9.23. The number of hydrogen-bond acceptors (Lipinski definition) is 8. The number of anilines is 2. The van der Waals surface area contributed by atoms with Crippen molar-refractivity contribution in [1.82, 2.24) is 10.2 Å². The molecule has 4 rings (SSSR count). The minimum Gasteiger partial charge on any atom is -0.493 e. The maximum atomic E-state index is 12.8. The monoisotopic (exact) mass is 454 g/mol. The molecule has 1 unspecified atom stereocenters. The van der Waals surface area contributed by atoms with Gasteiger partial charge in [-0.1, -0.05) is 29.5 Å². The highest BCUT2D eigenvalue weighted by atomic mass is 32.1. The van der Waals surface area contributed by atoms with Crippen LogP contribution in [0.5, 0.6) is 17.2 Å². The summed E-state index contributed by atoms with van der Waals surface area (Å²) in [6.07, 6.45) is 0.352. The number of carbonyl (C=O) groups excluding carboxylic acids is 2. The highest BCUT2D eigenvalue weighted by molar-refractivity contribution is 7.15. The Bertz CT molecular complexity index is 1110. The van der Waals surface area contributed by atoms with Gasteiger partial charge in [-0.25, -0.2) is 0 Å². The Balaban J connectivity index is 1.48. The smallest absolute Gasteiger partial charge is 0.257 e. The Labute approximate surface area is 188 Å². The number of nitrogens with zero attached hydrogens (tertiary/aromatic N) is 3. The molecule has 2 heterocycles. The zero-order valence-electron chi connectivity index (χ0n) is 17.8. The lowest BCUT2D eigenvalue weighted by molar-refractivity contribution is -0.117. The number of benzene rings is 2. The lowest BCUT2D eigenvalue weighted by Crippen LogP contribution is -2.24. The Kier molecular flexibility index (Phi) is 6.22. The fraction of sp³-hybridized carbons (Fsp3) is 0.273. The van der Waals surface area contributed by atoms with Gasteiger partial charge in [-0.3, -0.25) is 14.9 Å². The lowest BCUT2D eigenvalue weighted by Gasteiger charge is -2.15. The van der Waals surface area contributed by atoms with Crippen molar-refractivity contribution in [2.24, 2.45) is 0 Å². The van der Waals surface area contributed by atoms with Crippen molar-refractivity contribution in [3.05, 3.63) is 53.0 Å². The standard InChI is InChI=1S/C22H22N4O5S/c1-29-16-9-13(10-17(30-2)19(16)31-3)20(28)23-22-25-24-21(32-22)14-11-18(27)26(12-14)15-7-5-4-6-8-15/h4-10,14H,11-12H2,1-3H3,(H,23,25,28). The summed E-state index contributed by atoms with van der Waals surface area (Å²) in [7, 11) is 4.46. The summed E-state index contributed by atoms with van der Waals surface area (Å²) in [5.41, 5.74) is 1.18. The van der Waals surface area contributed by atoms with Crippen LogP contribution in [0.1, 0.15) is 27.7 Å². The van der Waals surface area contributed by atoms with Crippen LogP contribution in [0.3, 0.4) is 0 Å². The van der Waals surface area contributed by atoms with Crippen LogP contribution in [-0.2, 0) is 4.79 Å². The van der Waals surface area contributed by atoms with Crippen LogP contribution in [0.4, 0.5) is 10.8 Å². The number of amides is 2. The van der Waals surface area contributed by atoms with Crippen LogP contribution in [-0.4, -0.2) is 49.9 Å². The average Bonchev–Trinajstić information content (AvgIpc) is 3.44. The number of methoxy groups -OCH3 is 3. The van der Waals surface area contributed by atoms with Crippen LogP contribution in [0.15, 0.2) is 42.5 Å². The van der Waals surface area contributed by atoms with Gasteiger partial charge in [-0.05, 0) is 24.3 Å². The molecule has 166 valence electrons. The minimum atomic E-state index is -0.389. The molecular formula is C22H22N4O5S. The summed E-state index contributed by atoms with van der Waals surface area (Å²) < 4.78 is 15.9. The molecule has 0 saturated carbocycles. The maximum Gasteiger partial charge on any atom is 0.257 e. The van der Waals surface area contributed by atoms with E-state index in [4.69, 9.17) is 14.2 Å². The van der Waals surface area contributed by atoms with Crippen molar-refractivity contribution in [1.29, 1.82) is 0 Å². The third-order valence-electron chi connectivity index (χ3n) is 5.13. The molecule has 1 aliphatic heterocycles. The first-order chi connectivity index (χ1) is 15.5. The molecule has 32 heavy (non-hydrogen) atoms. The van der Waals surface area contributed by atoms with Gasteiger partial charge in [0.1, 0.15) is 5.01 Å². The summed E-state index contributed by atoms with van der Waals surface area (Å²) in [5, 5.41) is 12.1. The first-order valence-corrected chi connectivity index (χ1v) is 10.7. The molecule has 0 bridgehead atoms. The van der Waals surface area contributed by atoms with E-state index in [1.165, 1.54) is 32.7 Å². The molecule has 1 fully saturated rings. The molecule has 2 aromatic carbocycles. The van der Waals surface area contributed by atoms with Crippen molar-refractivity contribution in [2.45, 2.75) is 12.3 Å². The van der Waals surface area contributed by atoms with Gasteiger partial charge in [-0.15, -0.1) is 10.2 Å². The number of ether oxygens (including phenoxy) is 3. The number of aromatic nitrogens is 2. The fourth-order valence-electron chi connectivity index (χ4n) is 3.56. The number of nitrogens with one attached hydrogen (secondary N) is 1. The predicted octanol–water partition coefficient (Wildman–Crippen LogP) is 3.34. The molecule has 1 saturated heterocycles. The molecule has 1 atom stereocenters. The molecule has 1 aliphatic rings. The largest absolute Gasteiger partial charge is 0.493 e. The molecule has 0 aliphatic carbocycles. The highest BCUT2D eigenvalue weighted by Gasteiger charge is 2.34. The van der Waals surface area contributed by atoms with Gasteiger partial charge >= 0.3 is 0 Å². The van der Waals surface area contributed by atoms with Gasteiger partial charge in [0.25, 0.3) is 5.91 Å². The fourth-order valence-corrected chi connectivity index (χ4v) is 4.39. The molecule has 0 spiro atoms. The third kappa shape index (κ3) is 4.22. The first kappa shape index (κ1) is 21.6. The van der Waals surface area contributed by atoms with E-state index in [9.17, 15) is 9.59 Å². The molecular weight excluding hydrogens is 432 g/mol. The van der Waals surface area contributed by atoms with Gasteiger partial charge < -0.3 is 19.1 Å². The Morgan fingerprint density at radius 1 is 1.06 bits per heavy atom. The van der Waals surface area contributed by atoms with E-state index in [1.807, 2.05) is 30.3 Å². The van der Waals surface area contributed by atoms with Crippen LogP contribution in [0.25, 0.3) is 0 Å². The Hall–Kier alpha value is -3.66. The predicted molar refractivity (Wildman–Crippen MR) is 120 cm³/mol. The van der Waals surface area contributed by atoms with E-state index in [0.717, 1.165) is 5.69 Å². The number of hydrogen-bond donors (Lipinski definition) is 1. The molecule has 10 heteroatoms. The summed E-state index contributed by atoms with van der Waals surface area (Å²) in [4.78, 5) is 27.0. The van der Waals surface area contributed by atoms with Crippen LogP contribution < -0.4 is 24.4 Å². The highest BCUT2D eigenvalue weighted by Crippen LogP contribution is 2.39. The summed E-state index contributed by atoms with van der Waals surface area (Å²) in [6, 6.07) is 12.6. The number of para-hydroxylation sites is 1. The van der Waals surface area contributed by atoms with Gasteiger partial charge in [0.2, 0.25) is 16.8 Å². The van der Waals surface area contributed by atoms with Gasteiger partial charge in [0.15, 0.2) is 11.5 Å². The summed E-state index contributed by atoms with van der Waals surface area (Å²) in [6.45, 7) is 0.526. The van der Waals surface area contributed by atoms with E-state index < -0.39 is 0 Å². The van der Waals surface area contributed by atoms with Gasteiger partial charge in [0, 0.05) is 30.1 Å². The Morgan fingerprint density at radius 2 is 1.75 bits per heavy atom. The van der Waals surface area contributed by atoms with Crippen LogP contribution >= 0.6 is 11.3 Å². The average molecular weight is 455 g/mol. The summed E-state index contributed by atoms with van der Waals surface area (Å²) >= 11 is 1.26. The van der Waals surface area contributed by atoms with Crippen molar-refractivity contribution in [2.75, 3.05) is 38.1 Å². The minimum absolute atomic E-state index is 0.0411. The lowest BCUT2D eigenvalue weighted by atomic mass is 10.1. The quantitative estimate of drug-likeness (QED) is 0.584. The Morgan fingerprint density at radius 3 is 2.38 bits per heavy atom. The van der Waals surface area contributed by atoms with Gasteiger partial charge in [0.05, 0.1) is 21.3 Å². The SMILES string of the molecule is COc1cc(C(=O)Nc2nnc(C3CC(=O)N(c4ccccc4)C3)s2)cc(OC)c1OC. The van der Waals surface area contributed by atoms with Crippen LogP contribution in [0, 0.1) is 0 Å². The van der Waals surface area contributed by atoms with E-state index >= 15 is 0 Å². The molecule has 0 radical (unpaired) electrons. The zero-order valence-corrected chi connectivity index (χ0v) is 18.6. The van der Waals surface area contributed by atoms with Gasteiger partial charge in [-0.2, -0.15) is 0 Å². The van der Waals surface area contributed by atoms with Crippen LogP contribution in [0.2, 0.25) is 0 Å². The van der Waals surface area contributed by atoms with E-state index in [2.05, 4.69) is 15.5 Å². The molecule has 9 nitrogen and oxygen atoms in total. The molecule has 1 N–H and O–H groups in total. The number of carbonyl (C=O) groups is 2. The summed E-state index contributed by atoms with van der Waals surface area (Å²) in [5.74, 6) is 0.728. The van der Waals surface area contributed by atoms with Crippen molar-refractivity contribution >= 4 is 34.0 Å². The van der Waals surface area contributed by atoms with Crippen molar-refractivity contribution in [3.63, 3.8) is 0 Å². The van der Waals surface area contributed by atoms with E-state index in [-0.39, 0.29) is 17.7 Å². The molecule has 1 aromatic heterocycles. The maximum absolute atomic E-state index is 12.8. The van der Waals surface area contributed by atoms with Crippen molar-refractivity contribution in [3.8, 4) is 17.2 Å². The normalized spacial score (nSPS) is 15.5. The zero-order chi connectivity index (χ0) is 22.7. The second-order valence-electron chi connectivity index (χ2n) is 7.05. The molecule has 2 amide bonds. The molecule has 3 aromatic rings. The topological polar surface area (TPSA) is 103 Å².